The number of methoxy groups -OCH3 is 1. The van der Waals surface area contributed by atoms with Gasteiger partial charge in [-0.1, -0.05) is 13.0 Å². The molecule has 0 spiro atoms. The molecule has 10 heavy (non-hydrogen) atoms. The Morgan fingerprint density at radius 2 is 2.10 bits per heavy atom. The standard InChI is InChI=1S/C7H12O2.H3N/c1-4-6(5-2)7(8)9-3;/h4H,5H2,1-3H3;1H3. The Hall–Kier alpha value is -0.830. The molecule has 0 aliphatic carbocycles. The molecule has 0 aliphatic heterocycles. The fourth-order valence-electron chi connectivity index (χ4n) is 0.597. The predicted octanol–water partition coefficient (Wildman–Crippen LogP) is 1.68. The summed E-state index contributed by atoms with van der Waals surface area (Å²) in [7, 11) is 1.39. The van der Waals surface area contributed by atoms with Crippen LogP contribution in [0.5, 0.6) is 0 Å². The normalized spacial score (nSPS) is 10.1. The fourth-order valence-corrected chi connectivity index (χ4v) is 0.597. The Balaban J connectivity index is 0. The molecule has 0 aromatic rings. The third-order valence-corrected chi connectivity index (χ3v) is 1.18. The van der Waals surface area contributed by atoms with Gasteiger partial charge < -0.3 is 10.9 Å². The number of ether oxygens (including phenoxy) is 1. The number of hydrogen-bond acceptors (Lipinski definition) is 3. The largest absolute Gasteiger partial charge is 0.466 e. The third-order valence-electron chi connectivity index (χ3n) is 1.18. The molecule has 0 aromatic carbocycles. The zero-order valence-corrected chi connectivity index (χ0v) is 6.81. The molecule has 0 radical (unpaired) electrons. The Labute approximate surface area is 61.7 Å². The lowest BCUT2D eigenvalue weighted by Crippen LogP contribution is -2.02. The van der Waals surface area contributed by atoms with Gasteiger partial charge in [0.2, 0.25) is 0 Å². The molecule has 60 valence electrons. The summed E-state index contributed by atoms with van der Waals surface area (Å²) >= 11 is 0. The Kier molecular flexibility index (Phi) is 7.49. The van der Waals surface area contributed by atoms with E-state index in [0.29, 0.717) is 0 Å². The molecule has 0 saturated carbocycles. The lowest BCUT2D eigenvalue weighted by molar-refractivity contribution is -0.136. The van der Waals surface area contributed by atoms with E-state index in [9.17, 15) is 4.79 Å². The summed E-state index contributed by atoms with van der Waals surface area (Å²) in [5.74, 6) is -0.222. The van der Waals surface area contributed by atoms with E-state index >= 15 is 0 Å². The lowest BCUT2D eigenvalue weighted by Gasteiger charge is -1.98. The summed E-state index contributed by atoms with van der Waals surface area (Å²) in [5, 5.41) is 0. The van der Waals surface area contributed by atoms with Crippen LogP contribution in [0.25, 0.3) is 0 Å². The van der Waals surface area contributed by atoms with Crippen LogP contribution < -0.4 is 6.15 Å². The summed E-state index contributed by atoms with van der Waals surface area (Å²) in [6, 6.07) is 0. The monoisotopic (exact) mass is 145 g/mol. The third kappa shape index (κ3) is 3.25. The summed E-state index contributed by atoms with van der Waals surface area (Å²) in [6.45, 7) is 3.75. The number of esters is 1. The zero-order chi connectivity index (χ0) is 7.28. The first kappa shape index (κ1) is 11.9. The molecule has 3 heteroatoms. The molecule has 0 amide bonds. The van der Waals surface area contributed by atoms with E-state index in [1.165, 1.54) is 7.11 Å². The van der Waals surface area contributed by atoms with Crippen LogP contribution in [0.1, 0.15) is 20.3 Å². The molecule has 0 aromatic heterocycles. The maximum absolute atomic E-state index is 10.7. The fraction of sp³-hybridized carbons (Fsp3) is 0.571. The van der Waals surface area contributed by atoms with Gasteiger partial charge in [-0.25, -0.2) is 4.79 Å². The molecule has 0 bridgehead atoms. The second kappa shape index (κ2) is 6.29. The van der Waals surface area contributed by atoms with Crippen LogP contribution in [-0.4, -0.2) is 13.1 Å². The Morgan fingerprint density at radius 3 is 2.20 bits per heavy atom. The molecule has 3 N–H and O–H groups in total. The maximum Gasteiger partial charge on any atom is 0.333 e. The zero-order valence-electron chi connectivity index (χ0n) is 6.81. The summed E-state index contributed by atoms with van der Waals surface area (Å²) < 4.78 is 4.49. The van der Waals surface area contributed by atoms with Crippen molar-refractivity contribution in [2.45, 2.75) is 20.3 Å². The molecule has 0 fully saturated rings. The number of rotatable bonds is 2. The van der Waals surface area contributed by atoms with Crippen LogP contribution in [0.2, 0.25) is 0 Å². The van der Waals surface area contributed by atoms with Gasteiger partial charge in [-0.2, -0.15) is 0 Å². The van der Waals surface area contributed by atoms with E-state index in [-0.39, 0.29) is 12.1 Å². The first-order valence-electron chi connectivity index (χ1n) is 2.99. The molecule has 0 unspecified atom stereocenters. The van der Waals surface area contributed by atoms with Crippen molar-refractivity contribution < 1.29 is 9.53 Å². The number of hydrogen-bond donors (Lipinski definition) is 1. The Bertz CT molecular complexity index is 130. The van der Waals surface area contributed by atoms with Gasteiger partial charge in [-0.15, -0.1) is 0 Å². The molecule has 0 atom stereocenters. The van der Waals surface area contributed by atoms with Crippen LogP contribution in [0.15, 0.2) is 11.6 Å². The quantitative estimate of drug-likeness (QED) is 0.475. The van der Waals surface area contributed by atoms with Crippen molar-refractivity contribution >= 4 is 5.97 Å². The SMILES string of the molecule is CC=C(CC)C(=O)OC.N. The smallest absolute Gasteiger partial charge is 0.333 e. The topological polar surface area (TPSA) is 61.3 Å². The van der Waals surface area contributed by atoms with Crippen LogP contribution in [-0.2, 0) is 9.53 Å². The highest BCUT2D eigenvalue weighted by molar-refractivity contribution is 5.88. The summed E-state index contributed by atoms with van der Waals surface area (Å²) in [6.07, 6.45) is 2.51. The van der Waals surface area contributed by atoms with Crippen molar-refractivity contribution in [1.82, 2.24) is 6.15 Å². The van der Waals surface area contributed by atoms with Crippen LogP contribution in [0.4, 0.5) is 0 Å². The van der Waals surface area contributed by atoms with E-state index in [4.69, 9.17) is 0 Å². The maximum atomic E-state index is 10.7. The van der Waals surface area contributed by atoms with E-state index in [0.717, 1.165) is 12.0 Å². The molecule has 0 saturated heterocycles. The van der Waals surface area contributed by atoms with Crippen LogP contribution >= 0.6 is 0 Å². The minimum Gasteiger partial charge on any atom is -0.466 e. The van der Waals surface area contributed by atoms with Crippen LogP contribution in [0, 0.1) is 0 Å². The average molecular weight is 145 g/mol. The van der Waals surface area contributed by atoms with Gasteiger partial charge in [0.1, 0.15) is 0 Å². The minimum absolute atomic E-state index is 0. The number of allylic oxidation sites excluding steroid dienone is 1. The molecule has 0 heterocycles. The highest BCUT2D eigenvalue weighted by atomic mass is 16.5. The van der Waals surface area contributed by atoms with Gasteiger partial charge in [0.05, 0.1) is 7.11 Å². The first-order valence-corrected chi connectivity index (χ1v) is 2.99. The van der Waals surface area contributed by atoms with Crippen molar-refractivity contribution in [3.8, 4) is 0 Å². The predicted molar refractivity (Wildman–Crippen MR) is 41.1 cm³/mol. The van der Waals surface area contributed by atoms with E-state index in [2.05, 4.69) is 4.74 Å². The van der Waals surface area contributed by atoms with Crippen molar-refractivity contribution in [2.75, 3.05) is 7.11 Å². The molecule has 0 rings (SSSR count). The number of carbonyl (C=O) groups is 1. The lowest BCUT2D eigenvalue weighted by atomic mass is 10.2. The van der Waals surface area contributed by atoms with E-state index in [1.54, 1.807) is 6.08 Å². The highest BCUT2D eigenvalue weighted by Crippen LogP contribution is 2.00. The molecule has 0 aliphatic rings. The van der Waals surface area contributed by atoms with E-state index in [1.807, 2.05) is 13.8 Å². The van der Waals surface area contributed by atoms with Gasteiger partial charge in [0, 0.05) is 5.57 Å². The minimum atomic E-state index is -0.222. The molecular weight excluding hydrogens is 130 g/mol. The second-order valence-electron chi connectivity index (χ2n) is 1.66. The summed E-state index contributed by atoms with van der Waals surface area (Å²) in [5.41, 5.74) is 0.734. The van der Waals surface area contributed by atoms with Crippen molar-refractivity contribution in [3.05, 3.63) is 11.6 Å². The molecule has 3 nitrogen and oxygen atoms in total. The van der Waals surface area contributed by atoms with Crippen molar-refractivity contribution in [1.29, 1.82) is 0 Å². The second-order valence-corrected chi connectivity index (χ2v) is 1.66. The average Bonchev–Trinajstić information content (AvgIpc) is 1.90. The number of carbonyl (C=O) groups excluding carboxylic acids is 1. The van der Waals surface area contributed by atoms with Gasteiger partial charge in [-0.05, 0) is 13.3 Å². The molecular formula is C7H15NO2. The van der Waals surface area contributed by atoms with Crippen molar-refractivity contribution in [3.63, 3.8) is 0 Å². The van der Waals surface area contributed by atoms with Gasteiger partial charge >= 0.3 is 5.97 Å². The van der Waals surface area contributed by atoms with Crippen LogP contribution in [0.3, 0.4) is 0 Å². The van der Waals surface area contributed by atoms with Crippen molar-refractivity contribution in [2.24, 2.45) is 0 Å². The first-order chi connectivity index (χ1) is 4.26. The Morgan fingerprint density at radius 1 is 1.60 bits per heavy atom. The van der Waals surface area contributed by atoms with Gasteiger partial charge in [0.25, 0.3) is 0 Å². The summed E-state index contributed by atoms with van der Waals surface area (Å²) in [4.78, 5) is 10.7. The van der Waals surface area contributed by atoms with E-state index < -0.39 is 0 Å². The van der Waals surface area contributed by atoms with Gasteiger partial charge in [0.15, 0.2) is 0 Å². The highest BCUT2D eigenvalue weighted by Gasteiger charge is 2.03. The van der Waals surface area contributed by atoms with Gasteiger partial charge in [-0.3, -0.25) is 0 Å².